The Labute approximate surface area is 103 Å². The lowest BCUT2D eigenvalue weighted by Gasteiger charge is -2.29. The van der Waals surface area contributed by atoms with E-state index in [1.807, 2.05) is 0 Å². The van der Waals surface area contributed by atoms with Gasteiger partial charge in [-0.1, -0.05) is 23.8 Å². The molecule has 1 N–H and O–H groups in total. The van der Waals surface area contributed by atoms with E-state index in [9.17, 15) is 18.0 Å². The van der Waals surface area contributed by atoms with Crippen molar-refractivity contribution < 1.29 is 18.0 Å². The maximum atomic E-state index is 13.2. The number of rotatable bonds is 2. The number of hydrogen-bond donors (Lipinski definition) is 1. The second kappa shape index (κ2) is 4.39. The van der Waals surface area contributed by atoms with Crippen LogP contribution in [0.2, 0.25) is 0 Å². The lowest BCUT2D eigenvalue weighted by molar-refractivity contribution is -0.197. The van der Waals surface area contributed by atoms with Crippen molar-refractivity contribution in [3.8, 4) is 0 Å². The number of hydrogen-bond acceptors (Lipinski definition) is 2. The van der Waals surface area contributed by atoms with Crippen molar-refractivity contribution >= 4 is 5.78 Å². The molecule has 2 nitrogen and oxygen atoms in total. The molecule has 0 radical (unpaired) electrons. The van der Waals surface area contributed by atoms with Crippen LogP contribution in [0.1, 0.15) is 22.3 Å². The Morgan fingerprint density at radius 1 is 1.39 bits per heavy atom. The number of ketones is 1. The minimum atomic E-state index is -4.52. The van der Waals surface area contributed by atoms with Crippen LogP contribution in [0, 0.1) is 12.3 Å². The molecular weight excluding hydrogens is 243 g/mol. The average Bonchev–Trinajstić information content (AvgIpc) is 2.77. The third-order valence-electron chi connectivity index (χ3n) is 3.41. The van der Waals surface area contributed by atoms with Crippen molar-refractivity contribution in [1.29, 1.82) is 0 Å². The first-order chi connectivity index (χ1) is 8.37. The molecule has 1 aromatic carbocycles. The standard InChI is InChI=1S/C13H14F3NO/c1-9-3-2-4-10(7-9)11(18)12(13(14,15)16)5-6-17-8-12/h2-4,7,17H,5-6,8H2,1H3. The number of benzene rings is 1. The average molecular weight is 257 g/mol. The van der Waals surface area contributed by atoms with Gasteiger partial charge >= 0.3 is 6.18 Å². The molecule has 1 unspecified atom stereocenters. The number of carbonyl (C=O) groups excluding carboxylic acids is 1. The summed E-state index contributed by atoms with van der Waals surface area (Å²) in [6.07, 6.45) is -4.71. The number of aryl methyl sites for hydroxylation is 1. The zero-order valence-electron chi connectivity index (χ0n) is 9.97. The Balaban J connectivity index is 2.42. The van der Waals surface area contributed by atoms with Crippen molar-refractivity contribution in [2.45, 2.75) is 19.5 Å². The normalized spacial score (nSPS) is 24.2. The molecule has 1 atom stereocenters. The van der Waals surface area contributed by atoms with E-state index in [2.05, 4.69) is 5.32 Å². The highest BCUT2D eigenvalue weighted by atomic mass is 19.4. The molecule has 1 aliphatic heterocycles. The number of alkyl halides is 3. The molecule has 1 saturated heterocycles. The second-order valence-corrected chi connectivity index (χ2v) is 4.71. The van der Waals surface area contributed by atoms with Crippen LogP contribution in [-0.4, -0.2) is 25.0 Å². The Kier molecular flexibility index (Phi) is 3.19. The van der Waals surface area contributed by atoms with E-state index in [0.29, 0.717) is 0 Å². The fraction of sp³-hybridized carbons (Fsp3) is 0.462. The summed E-state index contributed by atoms with van der Waals surface area (Å²) < 4.78 is 39.6. The zero-order chi connectivity index (χ0) is 13.4. The summed E-state index contributed by atoms with van der Waals surface area (Å²) in [4.78, 5) is 12.2. The van der Waals surface area contributed by atoms with Crippen molar-refractivity contribution in [3.63, 3.8) is 0 Å². The van der Waals surface area contributed by atoms with E-state index in [1.165, 1.54) is 12.1 Å². The van der Waals surface area contributed by atoms with E-state index in [1.54, 1.807) is 19.1 Å². The van der Waals surface area contributed by atoms with Gasteiger partial charge in [-0.2, -0.15) is 13.2 Å². The molecule has 1 fully saturated rings. The predicted molar refractivity (Wildman–Crippen MR) is 61.5 cm³/mol. The van der Waals surface area contributed by atoms with Gasteiger partial charge < -0.3 is 5.32 Å². The largest absolute Gasteiger partial charge is 0.402 e. The van der Waals surface area contributed by atoms with Gasteiger partial charge in [0.15, 0.2) is 5.78 Å². The first-order valence-electron chi connectivity index (χ1n) is 5.76. The third-order valence-corrected chi connectivity index (χ3v) is 3.41. The smallest absolute Gasteiger partial charge is 0.315 e. The predicted octanol–water partition coefficient (Wildman–Crippen LogP) is 2.72. The molecule has 18 heavy (non-hydrogen) atoms. The van der Waals surface area contributed by atoms with Crippen LogP contribution in [0.3, 0.4) is 0 Å². The van der Waals surface area contributed by atoms with E-state index in [0.717, 1.165) is 5.56 Å². The summed E-state index contributed by atoms with van der Waals surface area (Å²) in [5.74, 6) is -0.830. The van der Waals surface area contributed by atoms with Gasteiger partial charge in [0.05, 0.1) is 0 Å². The summed E-state index contributed by atoms with van der Waals surface area (Å²) in [7, 11) is 0. The first-order valence-corrected chi connectivity index (χ1v) is 5.76. The highest BCUT2D eigenvalue weighted by molar-refractivity contribution is 6.01. The molecule has 1 heterocycles. The minimum absolute atomic E-state index is 0.135. The maximum Gasteiger partial charge on any atom is 0.402 e. The van der Waals surface area contributed by atoms with Gasteiger partial charge in [-0.25, -0.2) is 0 Å². The van der Waals surface area contributed by atoms with Crippen molar-refractivity contribution in [1.82, 2.24) is 5.32 Å². The Morgan fingerprint density at radius 3 is 2.61 bits per heavy atom. The zero-order valence-corrected chi connectivity index (χ0v) is 9.97. The molecule has 98 valence electrons. The molecule has 0 bridgehead atoms. The van der Waals surface area contributed by atoms with Crippen LogP contribution in [0.5, 0.6) is 0 Å². The monoisotopic (exact) mass is 257 g/mol. The van der Waals surface area contributed by atoms with Crippen LogP contribution in [0.4, 0.5) is 13.2 Å². The maximum absolute atomic E-state index is 13.2. The van der Waals surface area contributed by atoms with Crippen LogP contribution in [-0.2, 0) is 0 Å². The van der Waals surface area contributed by atoms with Gasteiger partial charge in [-0.3, -0.25) is 4.79 Å². The number of Topliss-reactive ketones (excluding diaryl/α,β-unsaturated/α-hetero) is 1. The number of nitrogens with one attached hydrogen (secondary N) is 1. The molecule has 0 spiro atoms. The summed E-state index contributed by atoms with van der Waals surface area (Å²) in [5, 5.41) is 2.64. The highest BCUT2D eigenvalue weighted by Crippen LogP contribution is 2.45. The summed E-state index contributed by atoms with van der Waals surface area (Å²) in [5.41, 5.74) is -1.35. The molecule has 0 amide bonds. The molecule has 1 aliphatic rings. The fourth-order valence-corrected chi connectivity index (χ4v) is 2.32. The third kappa shape index (κ3) is 2.03. The first kappa shape index (κ1) is 13.1. The Bertz CT molecular complexity index is 462. The number of carbonyl (C=O) groups is 1. The molecule has 0 saturated carbocycles. The Morgan fingerprint density at radius 2 is 2.11 bits per heavy atom. The van der Waals surface area contributed by atoms with Gasteiger partial charge in [0.25, 0.3) is 0 Å². The van der Waals surface area contributed by atoms with Crippen LogP contribution >= 0.6 is 0 Å². The topological polar surface area (TPSA) is 29.1 Å². The molecule has 0 aliphatic carbocycles. The summed E-state index contributed by atoms with van der Waals surface area (Å²) in [6.45, 7) is 1.64. The van der Waals surface area contributed by atoms with Gasteiger partial charge in [0.2, 0.25) is 0 Å². The molecule has 0 aromatic heterocycles. The molecule has 5 heteroatoms. The van der Waals surface area contributed by atoms with Crippen molar-refractivity contribution in [3.05, 3.63) is 35.4 Å². The minimum Gasteiger partial charge on any atom is -0.315 e. The summed E-state index contributed by atoms with van der Waals surface area (Å²) >= 11 is 0. The van der Waals surface area contributed by atoms with Gasteiger partial charge in [-0.15, -0.1) is 0 Å². The van der Waals surface area contributed by atoms with Crippen LogP contribution < -0.4 is 5.32 Å². The molecule has 2 rings (SSSR count). The van der Waals surface area contributed by atoms with E-state index in [4.69, 9.17) is 0 Å². The van der Waals surface area contributed by atoms with Gasteiger partial charge in [0, 0.05) is 12.1 Å². The quantitative estimate of drug-likeness (QED) is 0.825. The lowest BCUT2D eigenvalue weighted by atomic mass is 9.78. The molecular formula is C13H14F3NO. The lowest BCUT2D eigenvalue weighted by Crippen LogP contribution is -2.46. The van der Waals surface area contributed by atoms with Crippen molar-refractivity contribution in [2.24, 2.45) is 5.41 Å². The van der Waals surface area contributed by atoms with E-state index < -0.39 is 17.4 Å². The molecule has 1 aromatic rings. The number of halogens is 3. The van der Waals surface area contributed by atoms with E-state index >= 15 is 0 Å². The SMILES string of the molecule is Cc1cccc(C(=O)C2(C(F)(F)F)CCNC2)c1. The Hall–Kier alpha value is -1.36. The fourth-order valence-electron chi connectivity index (χ4n) is 2.32. The highest BCUT2D eigenvalue weighted by Gasteiger charge is 2.61. The van der Waals surface area contributed by atoms with Crippen LogP contribution in [0.15, 0.2) is 24.3 Å². The summed E-state index contributed by atoms with van der Waals surface area (Å²) in [6, 6.07) is 6.31. The van der Waals surface area contributed by atoms with E-state index in [-0.39, 0.29) is 25.1 Å². The van der Waals surface area contributed by atoms with Crippen molar-refractivity contribution in [2.75, 3.05) is 13.1 Å². The second-order valence-electron chi connectivity index (χ2n) is 4.71. The van der Waals surface area contributed by atoms with Gasteiger partial charge in [-0.05, 0) is 26.0 Å². The van der Waals surface area contributed by atoms with Crippen LogP contribution in [0.25, 0.3) is 0 Å². The van der Waals surface area contributed by atoms with Gasteiger partial charge in [0.1, 0.15) is 5.41 Å².